The molecule has 1 aromatic carbocycles. The number of nitrogens with one attached hydrogen (secondary N) is 2. The Kier molecular flexibility index (Phi) is 3.40. The first-order valence-electron chi connectivity index (χ1n) is 5.30. The van der Waals surface area contributed by atoms with Gasteiger partial charge in [0.15, 0.2) is 0 Å². The Labute approximate surface area is 99.5 Å². The van der Waals surface area contributed by atoms with E-state index in [1.54, 1.807) is 24.3 Å². The standard InChI is InChI=1S/C12H14N4O/c1-16(9-10-7-13-14-8-10)12(17)15-11-5-3-2-4-6-11/h2-8H,9H2,1H3,(H,13,14)(H,15,17). The van der Waals surface area contributed by atoms with E-state index in [1.807, 2.05) is 30.3 Å². The molecular weight excluding hydrogens is 216 g/mol. The molecule has 2 N–H and O–H groups in total. The van der Waals surface area contributed by atoms with Gasteiger partial charge in [0, 0.05) is 24.5 Å². The van der Waals surface area contributed by atoms with Gasteiger partial charge >= 0.3 is 6.03 Å². The van der Waals surface area contributed by atoms with Gasteiger partial charge in [-0.1, -0.05) is 18.2 Å². The minimum atomic E-state index is -0.141. The highest BCUT2D eigenvalue weighted by Crippen LogP contribution is 2.07. The van der Waals surface area contributed by atoms with Gasteiger partial charge in [0.1, 0.15) is 0 Å². The average molecular weight is 230 g/mol. The molecular formula is C12H14N4O. The Morgan fingerprint density at radius 1 is 1.41 bits per heavy atom. The highest BCUT2D eigenvalue weighted by Gasteiger charge is 2.09. The summed E-state index contributed by atoms with van der Waals surface area (Å²) >= 11 is 0. The van der Waals surface area contributed by atoms with Crippen LogP contribution in [-0.4, -0.2) is 28.2 Å². The quantitative estimate of drug-likeness (QED) is 0.848. The lowest BCUT2D eigenvalue weighted by Gasteiger charge is -2.16. The van der Waals surface area contributed by atoms with E-state index >= 15 is 0 Å². The third kappa shape index (κ3) is 3.07. The molecule has 0 spiro atoms. The fourth-order valence-electron chi connectivity index (χ4n) is 1.45. The largest absolute Gasteiger partial charge is 0.323 e. The van der Waals surface area contributed by atoms with Gasteiger partial charge < -0.3 is 10.2 Å². The van der Waals surface area contributed by atoms with Crippen LogP contribution in [0.15, 0.2) is 42.7 Å². The second-order valence-electron chi connectivity index (χ2n) is 3.76. The van der Waals surface area contributed by atoms with Crippen LogP contribution < -0.4 is 5.32 Å². The molecule has 0 fully saturated rings. The highest BCUT2D eigenvalue weighted by atomic mass is 16.2. The maximum absolute atomic E-state index is 11.8. The summed E-state index contributed by atoms with van der Waals surface area (Å²) < 4.78 is 0. The number of carbonyl (C=O) groups is 1. The van der Waals surface area contributed by atoms with E-state index in [0.717, 1.165) is 11.3 Å². The molecule has 2 amide bonds. The Morgan fingerprint density at radius 2 is 2.18 bits per heavy atom. The van der Waals surface area contributed by atoms with E-state index in [4.69, 9.17) is 0 Å². The molecule has 0 saturated carbocycles. The van der Waals surface area contributed by atoms with Gasteiger partial charge in [0.05, 0.1) is 12.7 Å². The average Bonchev–Trinajstić information content (AvgIpc) is 2.83. The molecule has 0 aliphatic heterocycles. The van der Waals surface area contributed by atoms with E-state index in [-0.39, 0.29) is 6.03 Å². The van der Waals surface area contributed by atoms with Gasteiger partial charge in [-0.2, -0.15) is 5.10 Å². The molecule has 1 heterocycles. The van der Waals surface area contributed by atoms with Gasteiger partial charge in [0.25, 0.3) is 0 Å². The molecule has 5 heteroatoms. The minimum Gasteiger partial charge on any atom is -0.323 e. The lowest BCUT2D eigenvalue weighted by atomic mass is 10.3. The number of rotatable bonds is 3. The number of aromatic amines is 1. The molecule has 0 saturated heterocycles. The van der Waals surface area contributed by atoms with Crippen LogP contribution in [0, 0.1) is 0 Å². The van der Waals surface area contributed by atoms with E-state index in [9.17, 15) is 4.79 Å². The van der Waals surface area contributed by atoms with E-state index < -0.39 is 0 Å². The van der Waals surface area contributed by atoms with E-state index in [2.05, 4.69) is 15.5 Å². The number of H-pyrrole nitrogens is 1. The SMILES string of the molecule is CN(Cc1cn[nH]c1)C(=O)Nc1ccccc1. The van der Waals surface area contributed by atoms with Crippen LogP contribution in [0.4, 0.5) is 10.5 Å². The summed E-state index contributed by atoms with van der Waals surface area (Å²) in [6.07, 6.45) is 3.47. The second kappa shape index (κ2) is 5.16. The number of amides is 2. The molecule has 2 rings (SSSR count). The third-order valence-corrected chi connectivity index (χ3v) is 2.35. The van der Waals surface area contributed by atoms with Crippen LogP contribution in [0.2, 0.25) is 0 Å². The van der Waals surface area contributed by atoms with Gasteiger partial charge in [-0.05, 0) is 12.1 Å². The maximum Gasteiger partial charge on any atom is 0.321 e. The predicted octanol–water partition coefficient (Wildman–Crippen LogP) is 2.07. The number of para-hydroxylation sites is 1. The Balaban J connectivity index is 1.92. The molecule has 0 unspecified atom stereocenters. The van der Waals surface area contributed by atoms with E-state index in [1.165, 1.54) is 0 Å². The minimum absolute atomic E-state index is 0.141. The van der Waals surface area contributed by atoms with Crippen molar-refractivity contribution in [3.05, 3.63) is 48.3 Å². The Morgan fingerprint density at radius 3 is 2.82 bits per heavy atom. The topological polar surface area (TPSA) is 61.0 Å². The van der Waals surface area contributed by atoms with Crippen molar-refractivity contribution in [2.75, 3.05) is 12.4 Å². The van der Waals surface area contributed by atoms with Crippen molar-refractivity contribution in [2.24, 2.45) is 0 Å². The summed E-state index contributed by atoms with van der Waals surface area (Å²) in [4.78, 5) is 13.4. The zero-order chi connectivity index (χ0) is 12.1. The fraction of sp³-hybridized carbons (Fsp3) is 0.167. The molecule has 0 atom stereocenters. The van der Waals surface area contributed by atoms with Crippen molar-refractivity contribution in [3.8, 4) is 0 Å². The van der Waals surface area contributed by atoms with Crippen LogP contribution in [0.3, 0.4) is 0 Å². The monoisotopic (exact) mass is 230 g/mol. The second-order valence-corrected chi connectivity index (χ2v) is 3.76. The molecule has 0 radical (unpaired) electrons. The summed E-state index contributed by atoms with van der Waals surface area (Å²) in [5.74, 6) is 0. The number of urea groups is 1. The van der Waals surface area contributed by atoms with Crippen LogP contribution in [0.1, 0.15) is 5.56 Å². The normalized spacial score (nSPS) is 9.94. The summed E-state index contributed by atoms with van der Waals surface area (Å²) in [6, 6.07) is 9.23. The Bertz CT molecular complexity index is 467. The van der Waals surface area contributed by atoms with Crippen molar-refractivity contribution in [2.45, 2.75) is 6.54 Å². The number of benzene rings is 1. The zero-order valence-corrected chi connectivity index (χ0v) is 9.55. The number of anilines is 1. The summed E-state index contributed by atoms with van der Waals surface area (Å²) in [6.45, 7) is 0.523. The summed E-state index contributed by atoms with van der Waals surface area (Å²) in [5, 5.41) is 9.36. The van der Waals surface area contributed by atoms with Crippen LogP contribution >= 0.6 is 0 Å². The molecule has 5 nitrogen and oxygen atoms in total. The molecule has 88 valence electrons. The van der Waals surface area contributed by atoms with Crippen molar-refractivity contribution < 1.29 is 4.79 Å². The molecule has 0 aliphatic rings. The van der Waals surface area contributed by atoms with Gasteiger partial charge in [0.2, 0.25) is 0 Å². The van der Waals surface area contributed by atoms with Crippen molar-refractivity contribution >= 4 is 11.7 Å². The fourth-order valence-corrected chi connectivity index (χ4v) is 1.45. The first kappa shape index (κ1) is 11.2. The van der Waals surface area contributed by atoms with Crippen molar-refractivity contribution in [3.63, 3.8) is 0 Å². The van der Waals surface area contributed by atoms with Crippen molar-refractivity contribution in [1.29, 1.82) is 0 Å². The first-order valence-corrected chi connectivity index (χ1v) is 5.30. The molecule has 0 aliphatic carbocycles. The number of hydrogen-bond acceptors (Lipinski definition) is 2. The smallest absolute Gasteiger partial charge is 0.321 e. The molecule has 17 heavy (non-hydrogen) atoms. The molecule has 0 bridgehead atoms. The van der Waals surface area contributed by atoms with Crippen LogP contribution in [0.5, 0.6) is 0 Å². The number of carbonyl (C=O) groups excluding carboxylic acids is 1. The molecule has 2 aromatic rings. The lowest BCUT2D eigenvalue weighted by Crippen LogP contribution is -2.30. The van der Waals surface area contributed by atoms with Crippen molar-refractivity contribution in [1.82, 2.24) is 15.1 Å². The van der Waals surface area contributed by atoms with Crippen LogP contribution in [0.25, 0.3) is 0 Å². The number of nitrogens with zero attached hydrogens (tertiary/aromatic N) is 2. The summed E-state index contributed by atoms with van der Waals surface area (Å²) in [7, 11) is 1.74. The summed E-state index contributed by atoms with van der Waals surface area (Å²) in [5.41, 5.74) is 1.76. The predicted molar refractivity (Wildman–Crippen MR) is 65.5 cm³/mol. The zero-order valence-electron chi connectivity index (χ0n) is 9.55. The van der Waals surface area contributed by atoms with Gasteiger partial charge in [-0.25, -0.2) is 4.79 Å². The molecule has 1 aromatic heterocycles. The van der Waals surface area contributed by atoms with Crippen LogP contribution in [-0.2, 0) is 6.54 Å². The van der Waals surface area contributed by atoms with E-state index in [0.29, 0.717) is 6.54 Å². The number of hydrogen-bond donors (Lipinski definition) is 2. The van der Waals surface area contributed by atoms with Gasteiger partial charge in [-0.15, -0.1) is 0 Å². The Hall–Kier alpha value is -2.30. The number of aromatic nitrogens is 2. The highest BCUT2D eigenvalue weighted by molar-refractivity contribution is 5.89. The lowest BCUT2D eigenvalue weighted by molar-refractivity contribution is 0.220. The maximum atomic E-state index is 11.8. The first-order chi connectivity index (χ1) is 8.25. The van der Waals surface area contributed by atoms with Gasteiger partial charge in [-0.3, -0.25) is 5.10 Å². The third-order valence-electron chi connectivity index (χ3n) is 2.35.